The first-order valence-corrected chi connectivity index (χ1v) is 6.49. The van der Waals surface area contributed by atoms with E-state index in [0.29, 0.717) is 0 Å². The molecule has 1 aromatic carbocycles. The Labute approximate surface area is 117 Å². The van der Waals surface area contributed by atoms with Crippen molar-refractivity contribution in [2.45, 2.75) is 26.8 Å². The molecule has 20 heavy (non-hydrogen) atoms. The minimum atomic E-state index is 0.0402. The molecule has 0 aliphatic carbocycles. The topological polar surface area (TPSA) is 77.4 Å². The zero-order chi connectivity index (χ0) is 14.5. The Bertz CT molecular complexity index is 724. The SMILES string of the molecule is CCc1nc2cc(NC=C(C#N)C#N)ccc2n1CC. The normalized spacial score (nSPS) is 9.80. The summed E-state index contributed by atoms with van der Waals surface area (Å²) >= 11 is 0. The van der Waals surface area contributed by atoms with E-state index in [1.165, 1.54) is 6.20 Å². The highest BCUT2D eigenvalue weighted by molar-refractivity contribution is 5.80. The first-order valence-electron chi connectivity index (χ1n) is 6.49. The molecular formula is C15H15N5. The second-order valence-electron chi connectivity index (χ2n) is 4.26. The summed E-state index contributed by atoms with van der Waals surface area (Å²) in [5.41, 5.74) is 2.86. The molecule has 100 valence electrons. The van der Waals surface area contributed by atoms with E-state index in [4.69, 9.17) is 10.5 Å². The van der Waals surface area contributed by atoms with E-state index >= 15 is 0 Å². The number of benzene rings is 1. The third-order valence-electron chi connectivity index (χ3n) is 3.08. The Kier molecular flexibility index (Phi) is 4.02. The zero-order valence-corrected chi connectivity index (χ0v) is 11.5. The standard InChI is InChI=1S/C15H15N5/c1-3-15-19-13-7-12(18-10-11(8-16)9-17)5-6-14(13)20(15)4-2/h5-7,10,18H,3-4H2,1-2H3. The summed E-state index contributed by atoms with van der Waals surface area (Å²) in [5.74, 6) is 1.06. The molecule has 5 heteroatoms. The van der Waals surface area contributed by atoms with Gasteiger partial charge in [-0.15, -0.1) is 0 Å². The highest BCUT2D eigenvalue weighted by Crippen LogP contribution is 2.21. The highest BCUT2D eigenvalue weighted by atomic mass is 15.1. The number of allylic oxidation sites excluding steroid dienone is 1. The van der Waals surface area contributed by atoms with E-state index < -0.39 is 0 Å². The molecule has 2 aromatic rings. The largest absolute Gasteiger partial charge is 0.360 e. The maximum Gasteiger partial charge on any atom is 0.145 e. The Balaban J connectivity index is 2.38. The van der Waals surface area contributed by atoms with Crippen LogP contribution in [-0.2, 0) is 13.0 Å². The second kappa shape index (κ2) is 5.90. The lowest BCUT2D eigenvalue weighted by Crippen LogP contribution is -1.99. The molecule has 0 atom stereocenters. The van der Waals surface area contributed by atoms with Gasteiger partial charge in [-0.2, -0.15) is 10.5 Å². The summed E-state index contributed by atoms with van der Waals surface area (Å²) < 4.78 is 2.19. The summed E-state index contributed by atoms with van der Waals surface area (Å²) in [6.07, 6.45) is 2.29. The molecule has 0 bridgehead atoms. The van der Waals surface area contributed by atoms with Gasteiger partial charge in [0, 0.05) is 24.9 Å². The Morgan fingerprint density at radius 1 is 1.35 bits per heavy atom. The molecule has 1 N–H and O–H groups in total. The molecule has 0 spiro atoms. The van der Waals surface area contributed by atoms with E-state index in [0.717, 1.165) is 35.5 Å². The van der Waals surface area contributed by atoms with Gasteiger partial charge in [0.05, 0.1) is 11.0 Å². The highest BCUT2D eigenvalue weighted by Gasteiger charge is 2.08. The van der Waals surface area contributed by atoms with Gasteiger partial charge < -0.3 is 9.88 Å². The van der Waals surface area contributed by atoms with Gasteiger partial charge in [0.25, 0.3) is 0 Å². The molecule has 0 radical (unpaired) electrons. The van der Waals surface area contributed by atoms with Crippen LogP contribution in [0.3, 0.4) is 0 Å². The maximum absolute atomic E-state index is 8.68. The third kappa shape index (κ3) is 2.48. The van der Waals surface area contributed by atoms with Crippen LogP contribution in [0.15, 0.2) is 30.0 Å². The predicted octanol–water partition coefficient (Wildman–Crippen LogP) is 2.96. The van der Waals surface area contributed by atoms with Crippen molar-refractivity contribution in [2.24, 2.45) is 0 Å². The van der Waals surface area contributed by atoms with Gasteiger partial charge in [0.2, 0.25) is 0 Å². The van der Waals surface area contributed by atoms with Crippen molar-refractivity contribution in [2.75, 3.05) is 5.32 Å². The lowest BCUT2D eigenvalue weighted by atomic mass is 10.2. The molecule has 0 aliphatic rings. The van der Waals surface area contributed by atoms with Gasteiger partial charge >= 0.3 is 0 Å². The number of nitriles is 2. The minimum Gasteiger partial charge on any atom is -0.360 e. The Morgan fingerprint density at radius 3 is 2.70 bits per heavy atom. The summed E-state index contributed by atoms with van der Waals surface area (Å²) in [7, 11) is 0. The summed E-state index contributed by atoms with van der Waals surface area (Å²) in [4.78, 5) is 4.60. The average molecular weight is 265 g/mol. The number of imidazole rings is 1. The summed E-state index contributed by atoms with van der Waals surface area (Å²) in [5, 5.41) is 20.3. The van der Waals surface area contributed by atoms with Crippen molar-refractivity contribution in [3.05, 3.63) is 35.8 Å². The van der Waals surface area contributed by atoms with E-state index in [-0.39, 0.29) is 5.57 Å². The molecule has 1 aromatic heterocycles. The second-order valence-corrected chi connectivity index (χ2v) is 4.26. The fourth-order valence-corrected chi connectivity index (χ4v) is 2.14. The molecule has 5 nitrogen and oxygen atoms in total. The average Bonchev–Trinajstić information content (AvgIpc) is 2.85. The number of aryl methyl sites for hydroxylation is 2. The first-order chi connectivity index (χ1) is 9.73. The number of anilines is 1. The summed E-state index contributed by atoms with van der Waals surface area (Å²) in [6.45, 7) is 5.07. The van der Waals surface area contributed by atoms with Gasteiger partial charge in [0.1, 0.15) is 23.5 Å². The minimum absolute atomic E-state index is 0.0402. The van der Waals surface area contributed by atoms with Crippen LogP contribution in [0.25, 0.3) is 11.0 Å². The van der Waals surface area contributed by atoms with E-state index in [1.807, 2.05) is 30.3 Å². The molecule has 2 rings (SSSR count). The maximum atomic E-state index is 8.68. The Morgan fingerprint density at radius 2 is 2.10 bits per heavy atom. The van der Waals surface area contributed by atoms with Crippen LogP contribution in [0.1, 0.15) is 19.7 Å². The molecule has 0 saturated heterocycles. The number of hydrogen-bond donors (Lipinski definition) is 1. The van der Waals surface area contributed by atoms with Crippen LogP contribution in [-0.4, -0.2) is 9.55 Å². The van der Waals surface area contributed by atoms with Crippen molar-refractivity contribution in [3.63, 3.8) is 0 Å². The monoisotopic (exact) mass is 265 g/mol. The zero-order valence-electron chi connectivity index (χ0n) is 11.5. The van der Waals surface area contributed by atoms with E-state index in [2.05, 4.69) is 28.7 Å². The number of rotatable bonds is 4. The lowest BCUT2D eigenvalue weighted by Gasteiger charge is -2.04. The molecular weight excluding hydrogens is 250 g/mol. The third-order valence-corrected chi connectivity index (χ3v) is 3.08. The van der Waals surface area contributed by atoms with Crippen LogP contribution < -0.4 is 5.32 Å². The first kappa shape index (κ1) is 13.6. The van der Waals surface area contributed by atoms with Gasteiger partial charge in [-0.25, -0.2) is 4.98 Å². The lowest BCUT2D eigenvalue weighted by molar-refractivity contribution is 0.726. The molecule has 0 aliphatic heterocycles. The van der Waals surface area contributed by atoms with Crippen molar-refractivity contribution < 1.29 is 0 Å². The summed E-state index contributed by atoms with van der Waals surface area (Å²) in [6, 6.07) is 9.45. The molecule has 0 unspecified atom stereocenters. The fourth-order valence-electron chi connectivity index (χ4n) is 2.14. The van der Waals surface area contributed by atoms with Crippen LogP contribution in [0, 0.1) is 22.7 Å². The number of hydrogen-bond acceptors (Lipinski definition) is 4. The molecule has 0 amide bonds. The smallest absolute Gasteiger partial charge is 0.145 e. The van der Waals surface area contributed by atoms with Gasteiger partial charge in [-0.1, -0.05) is 6.92 Å². The quantitative estimate of drug-likeness (QED) is 0.862. The predicted molar refractivity (Wildman–Crippen MR) is 77.7 cm³/mol. The van der Waals surface area contributed by atoms with Crippen LogP contribution in [0.4, 0.5) is 5.69 Å². The van der Waals surface area contributed by atoms with Crippen molar-refractivity contribution in [1.82, 2.24) is 9.55 Å². The van der Waals surface area contributed by atoms with Gasteiger partial charge in [-0.3, -0.25) is 0 Å². The van der Waals surface area contributed by atoms with E-state index in [9.17, 15) is 0 Å². The van der Waals surface area contributed by atoms with Crippen LogP contribution in [0.2, 0.25) is 0 Å². The van der Waals surface area contributed by atoms with Crippen LogP contribution >= 0.6 is 0 Å². The van der Waals surface area contributed by atoms with Crippen molar-refractivity contribution in [1.29, 1.82) is 10.5 Å². The number of aromatic nitrogens is 2. The van der Waals surface area contributed by atoms with Gasteiger partial charge in [-0.05, 0) is 25.1 Å². The van der Waals surface area contributed by atoms with E-state index in [1.54, 1.807) is 0 Å². The molecule has 0 saturated carbocycles. The van der Waals surface area contributed by atoms with Crippen molar-refractivity contribution >= 4 is 16.7 Å². The fraction of sp³-hybridized carbons (Fsp3) is 0.267. The Hall–Kier alpha value is -2.79. The van der Waals surface area contributed by atoms with Gasteiger partial charge in [0.15, 0.2) is 0 Å². The number of nitrogens with zero attached hydrogens (tertiary/aromatic N) is 4. The molecule has 1 heterocycles. The number of fused-ring (bicyclic) bond motifs is 1. The number of nitrogens with one attached hydrogen (secondary N) is 1. The van der Waals surface area contributed by atoms with Crippen LogP contribution in [0.5, 0.6) is 0 Å². The van der Waals surface area contributed by atoms with Crippen molar-refractivity contribution in [3.8, 4) is 12.1 Å². The molecule has 0 fully saturated rings.